The lowest BCUT2D eigenvalue weighted by Gasteiger charge is -2.29. The molecule has 0 saturated heterocycles. The Kier molecular flexibility index (Phi) is 10.2. The molecule has 0 bridgehead atoms. The second-order valence-corrected chi connectivity index (χ2v) is 4.95. The van der Waals surface area contributed by atoms with Crippen molar-refractivity contribution in [3.05, 3.63) is 12.2 Å². The lowest BCUT2D eigenvalue weighted by Crippen LogP contribution is -2.37. The maximum atomic E-state index is 11.5. The summed E-state index contributed by atoms with van der Waals surface area (Å²) in [5.41, 5.74) is 0. The third kappa shape index (κ3) is 5.62. The fraction of sp³-hybridized carbons (Fsp3) is 0.706. The summed E-state index contributed by atoms with van der Waals surface area (Å²) in [7, 11) is 1.65. The fourth-order valence-electron chi connectivity index (χ4n) is 2.68. The van der Waals surface area contributed by atoms with E-state index in [1.807, 2.05) is 27.7 Å². The van der Waals surface area contributed by atoms with Crippen LogP contribution in [0.25, 0.3) is 0 Å². The Balaban J connectivity index is 0.00000102. The molecule has 0 atom stereocenters. The van der Waals surface area contributed by atoms with Crippen molar-refractivity contribution in [3.63, 3.8) is 0 Å². The van der Waals surface area contributed by atoms with E-state index in [9.17, 15) is 14.4 Å². The monoisotopic (exact) mass is 310 g/mol. The number of rotatable bonds is 3. The van der Waals surface area contributed by atoms with Gasteiger partial charge >= 0.3 is 0 Å². The SMILES string of the molecule is CC.CC.CNC(=O)C1CCC(CN2C(=O)C=CC2=O)CC1. The quantitative estimate of drug-likeness (QED) is 0.815. The summed E-state index contributed by atoms with van der Waals surface area (Å²) in [5, 5.41) is 2.67. The van der Waals surface area contributed by atoms with Gasteiger partial charge < -0.3 is 5.32 Å². The summed E-state index contributed by atoms with van der Waals surface area (Å²) < 4.78 is 0. The third-order valence-electron chi connectivity index (χ3n) is 3.81. The van der Waals surface area contributed by atoms with Gasteiger partial charge in [-0.05, 0) is 31.6 Å². The van der Waals surface area contributed by atoms with Crippen molar-refractivity contribution < 1.29 is 14.4 Å². The Bertz CT molecular complexity index is 379. The highest BCUT2D eigenvalue weighted by molar-refractivity contribution is 6.12. The van der Waals surface area contributed by atoms with Crippen molar-refractivity contribution >= 4 is 17.7 Å². The van der Waals surface area contributed by atoms with Crippen LogP contribution in [0.15, 0.2) is 12.2 Å². The van der Waals surface area contributed by atoms with E-state index in [1.54, 1.807) is 7.05 Å². The zero-order chi connectivity index (χ0) is 17.1. The fourth-order valence-corrected chi connectivity index (χ4v) is 2.68. The Hall–Kier alpha value is -1.65. The molecule has 1 fully saturated rings. The molecule has 2 rings (SSSR count). The zero-order valence-corrected chi connectivity index (χ0v) is 14.5. The summed E-state index contributed by atoms with van der Waals surface area (Å²) in [4.78, 5) is 35.6. The highest BCUT2D eigenvalue weighted by atomic mass is 16.2. The van der Waals surface area contributed by atoms with Crippen molar-refractivity contribution in [2.24, 2.45) is 11.8 Å². The van der Waals surface area contributed by atoms with Crippen LogP contribution in [0, 0.1) is 11.8 Å². The van der Waals surface area contributed by atoms with Gasteiger partial charge in [0.25, 0.3) is 11.8 Å². The predicted molar refractivity (Wildman–Crippen MR) is 88.1 cm³/mol. The molecule has 1 aliphatic heterocycles. The third-order valence-corrected chi connectivity index (χ3v) is 3.81. The van der Waals surface area contributed by atoms with Crippen LogP contribution in [-0.4, -0.2) is 36.2 Å². The normalized spacial score (nSPS) is 23.2. The lowest BCUT2D eigenvalue weighted by molar-refractivity contribution is -0.138. The summed E-state index contributed by atoms with van der Waals surface area (Å²) in [6.07, 6.45) is 6.11. The van der Waals surface area contributed by atoms with E-state index in [1.165, 1.54) is 17.1 Å². The van der Waals surface area contributed by atoms with Crippen molar-refractivity contribution in [2.75, 3.05) is 13.6 Å². The number of hydrogen-bond donors (Lipinski definition) is 1. The first-order valence-corrected chi connectivity index (χ1v) is 8.37. The molecule has 22 heavy (non-hydrogen) atoms. The summed E-state index contributed by atoms with van der Waals surface area (Å²) >= 11 is 0. The molecule has 1 N–H and O–H groups in total. The summed E-state index contributed by atoms with van der Waals surface area (Å²) in [6, 6.07) is 0. The van der Waals surface area contributed by atoms with E-state index < -0.39 is 0 Å². The van der Waals surface area contributed by atoms with Gasteiger partial charge in [-0.15, -0.1) is 0 Å². The number of imide groups is 1. The van der Waals surface area contributed by atoms with Gasteiger partial charge in [0, 0.05) is 31.7 Å². The van der Waals surface area contributed by atoms with Crippen molar-refractivity contribution in [2.45, 2.75) is 53.4 Å². The molecule has 0 spiro atoms. The Morgan fingerprint density at radius 1 is 1.05 bits per heavy atom. The highest BCUT2D eigenvalue weighted by Gasteiger charge is 2.30. The van der Waals surface area contributed by atoms with Crippen LogP contribution >= 0.6 is 0 Å². The minimum absolute atomic E-state index is 0.0920. The van der Waals surface area contributed by atoms with E-state index in [2.05, 4.69) is 5.32 Å². The Labute approximate surface area is 134 Å². The Morgan fingerprint density at radius 2 is 1.50 bits per heavy atom. The lowest BCUT2D eigenvalue weighted by atomic mass is 9.81. The average Bonchev–Trinajstić information content (AvgIpc) is 2.90. The van der Waals surface area contributed by atoms with Gasteiger partial charge in [0.15, 0.2) is 0 Å². The topological polar surface area (TPSA) is 66.5 Å². The molecule has 2 aliphatic rings. The molecule has 0 aromatic rings. The van der Waals surface area contributed by atoms with Gasteiger partial charge in [-0.1, -0.05) is 27.7 Å². The molecular weight excluding hydrogens is 280 g/mol. The number of carbonyl (C=O) groups excluding carboxylic acids is 3. The number of amides is 3. The van der Waals surface area contributed by atoms with E-state index in [-0.39, 0.29) is 23.6 Å². The highest BCUT2D eigenvalue weighted by Crippen LogP contribution is 2.29. The second kappa shape index (κ2) is 11.0. The van der Waals surface area contributed by atoms with Crippen molar-refractivity contribution in [1.82, 2.24) is 10.2 Å². The van der Waals surface area contributed by atoms with Crippen LogP contribution in [0.3, 0.4) is 0 Å². The molecule has 0 radical (unpaired) electrons. The van der Waals surface area contributed by atoms with Gasteiger partial charge in [-0.3, -0.25) is 19.3 Å². The smallest absolute Gasteiger partial charge is 0.253 e. The second-order valence-electron chi connectivity index (χ2n) is 4.95. The molecule has 5 nitrogen and oxygen atoms in total. The van der Waals surface area contributed by atoms with Crippen LogP contribution in [0.2, 0.25) is 0 Å². The van der Waals surface area contributed by atoms with Crippen LogP contribution < -0.4 is 5.32 Å². The maximum absolute atomic E-state index is 11.5. The van der Waals surface area contributed by atoms with Crippen LogP contribution in [0.4, 0.5) is 0 Å². The molecule has 0 unspecified atom stereocenters. The minimum atomic E-state index is -0.214. The number of carbonyl (C=O) groups is 3. The number of hydrogen-bond acceptors (Lipinski definition) is 3. The van der Waals surface area contributed by atoms with Crippen LogP contribution in [0.1, 0.15) is 53.4 Å². The van der Waals surface area contributed by atoms with Gasteiger partial charge in [-0.25, -0.2) is 0 Å². The molecular formula is C17H30N2O3. The molecule has 1 aliphatic carbocycles. The van der Waals surface area contributed by atoms with Crippen LogP contribution in [0.5, 0.6) is 0 Å². The maximum Gasteiger partial charge on any atom is 0.253 e. The number of nitrogens with zero attached hydrogens (tertiary/aromatic N) is 1. The summed E-state index contributed by atoms with van der Waals surface area (Å²) in [5.74, 6) is 0.0957. The van der Waals surface area contributed by atoms with E-state index in [0.29, 0.717) is 12.5 Å². The van der Waals surface area contributed by atoms with Gasteiger partial charge in [-0.2, -0.15) is 0 Å². The van der Waals surface area contributed by atoms with Gasteiger partial charge in [0.05, 0.1) is 0 Å². The first-order valence-electron chi connectivity index (χ1n) is 8.37. The van der Waals surface area contributed by atoms with Crippen LogP contribution in [-0.2, 0) is 14.4 Å². The molecule has 5 heteroatoms. The van der Waals surface area contributed by atoms with Gasteiger partial charge in [0.1, 0.15) is 0 Å². The largest absolute Gasteiger partial charge is 0.359 e. The molecule has 1 saturated carbocycles. The minimum Gasteiger partial charge on any atom is -0.359 e. The molecule has 0 aromatic carbocycles. The Morgan fingerprint density at radius 3 is 1.91 bits per heavy atom. The van der Waals surface area contributed by atoms with E-state index in [0.717, 1.165) is 25.7 Å². The van der Waals surface area contributed by atoms with E-state index >= 15 is 0 Å². The molecule has 1 heterocycles. The standard InChI is InChI=1S/C13H18N2O3.2C2H6/c1-14-13(18)10-4-2-9(3-5-10)8-15-11(16)6-7-12(15)17;2*1-2/h6-7,9-10H,2-5,8H2,1H3,(H,14,18);2*1-2H3. The van der Waals surface area contributed by atoms with E-state index in [4.69, 9.17) is 0 Å². The molecule has 126 valence electrons. The first kappa shape index (κ1) is 20.3. The van der Waals surface area contributed by atoms with Crippen molar-refractivity contribution in [3.8, 4) is 0 Å². The zero-order valence-electron chi connectivity index (χ0n) is 14.5. The predicted octanol–water partition coefficient (Wildman–Crippen LogP) is 2.52. The number of nitrogens with one attached hydrogen (secondary N) is 1. The van der Waals surface area contributed by atoms with Gasteiger partial charge in [0.2, 0.25) is 5.91 Å². The molecule has 3 amide bonds. The summed E-state index contributed by atoms with van der Waals surface area (Å²) in [6.45, 7) is 8.49. The first-order chi connectivity index (χ1) is 10.6. The average molecular weight is 310 g/mol. The van der Waals surface area contributed by atoms with Crippen molar-refractivity contribution in [1.29, 1.82) is 0 Å². The molecule has 0 aromatic heterocycles.